The molecule has 0 fully saturated rings. The van der Waals surface area contributed by atoms with E-state index in [4.69, 9.17) is 4.74 Å². The van der Waals surface area contributed by atoms with Crippen LogP contribution in [0.25, 0.3) is 6.08 Å². The number of halogens is 1. The molecule has 0 saturated carbocycles. The van der Waals surface area contributed by atoms with Crippen LogP contribution in [0.2, 0.25) is 0 Å². The van der Waals surface area contributed by atoms with E-state index in [0.717, 1.165) is 22.7 Å². The lowest BCUT2D eigenvalue weighted by molar-refractivity contribution is 0.350. The normalized spacial score (nSPS) is 12.6. The number of alkyl halides is 1. The quantitative estimate of drug-likeness (QED) is 0.575. The van der Waals surface area contributed by atoms with Gasteiger partial charge in [0.2, 0.25) is 0 Å². The maximum atomic E-state index is 12.5. The molecule has 0 bridgehead atoms. The van der Waals surface area contributed by atoms with Crippen molar-refractivity contribution >= 4 is 11.8 Å². The van der Waals surface area contributed by atoms with Gasteiger partial charge in [-0.15, -0.1) is 0 Å². The number of allylic oxidation sites excluding steroid dienone is 2. The van der Waals surface area contributed by atoms with E-state index in [1.807, 2.05) is 75.4 Å². The maximum Gasteiger partial charge on any atom is 0.130 e. The van der Waals surface area contributed by atoms with Crippen molar-refractivity contribution in [3.8, 4) is 5.75 Å². The average molecular weight is 337 g/mol. The monoisotopic (exact) mass is 337 g/mol. The van der Waals surface area contributed by atoms with Gasteiger partial charge >= 0.3 is 0 Å². The van der Waals surface area contributed by atoms with Crippen LogP contribution in [0, 0.1) is 6.92 Å². The first-order valence-corrected chi connectivity index (χ1v) is 8.33. The topological polar surface area (TPSA) is 21.6 Å². The van der Waals surface area contributed by atoms with Crippen molar-refractivity contribution in [1.82, 2.24) is 0 Å². The first-order chi connectivity index (χ1) is 12.1. The Morgan fingerprint density at radius 2 is 1.76 bits per heavy atom. The second-order valence-electron chi connectivity index (χ2n) is 5.84. The van der Waals surface area contributed by atoms with Crippen LogP contribution in [0.3, 0.4) is 0 Å². The van der Waals surface area contributed by atoms with Gasteiger partial charge < -0.3 is 4.74 Å². The molecular weight excluding hydrogens is 313 g/mol. The Labute approximate surface area is 149 Å². The molecule has 0 saturated heterocycles. The molecule has 130 valence electrons. The third-order valence-electron chi connectivity index (χ3n) is 3.71. The van der Waals surface area contributed by atoms with Crippen LogP contribution in [0.15, 0.2) is 71.4 Å². The van der Waals surface area contributed by atoms with Crippen molar-refractivity contribution in [2.45, 2.75) is 27.4 Å². The van der Waals surface area contributed by atoms with Gasteiger partial charge in [-0.3, -0.25) is 4.99 Å². The Bertz CT molecular complexity index is 756. The van der Waals surface area contributed by atoms with Crippen LogP contribution < -0.4 is 4.74 Å². The zero-order valence-electron chi connectivity index (χ0n) is 15.0. The molecule has 0 unspecified atom stereocenters. The standard InChI is InChI=1S/C22H24FNO/c1-4-21(16-25-22-13-5-17(2)6-14-22)24-18(3)7-8-19-9-11-20(15-23)12-10-19/h4-14H,15-16H2,1-3H3/b8-7+,21-4-,24-18-. The van der Waals surface area contributed by atoms with Crippen LogP contribution in [-0.4, -0.2) is 12.3 Å². The van der Waals surface area contributed by atoms with E-state index in [1.165, 1.54) is 5.56 Å². The predicted octanol–water partition coefficient (Wildman–Crippen LogP) is 5.92. The summed E-state index contributed by atoms with van der Waals surface area (Å²) in [6, 6.07) is 15.3. The van der Waals surface area contributed by atoms with E-state index in [2.05, 4.69) is 4.99 Å². The van der Waals surface area contributed by atoms with Crippen molar-refractivity contribution in [1.29, 1.82) is 0 Å². The van der Waals surface area contributed by atoms with Gasteiger partial charge in [0.05, 0.1) is 5.70 Å². The number of ether oxygens (including phenoxy) is 1. The van der Waals surface area contributed by atoms with Crippen LogP contribution in [0.1, 0.15) is 30.5 Å². The van der Waals surface area contributed by atoms with Gasteiger partial charge in [-0.2, -0.15) is 0 Å². The molecule has 2 rings (SSSR count). The number of nitrogens with zero attached hydrogens (tertiary/aromatic N) is 1. The Kier molecular flexibility index (Phi) is 7.15. The van der Waals surface area contributed by atoms with E-state index in [-0.39, 0.29) is 0 Å². The highest BCUT2D eigenvalue weighted by atomic mass is 19.1. The molecule has 0 spiro atoms. The molecule has 0 atom stereocenters. The summed E-state index contributed by atoms with van der Waals surface area (Å²) in [4.78, 5) is 4.58. The van der Waals surface area contributed by atoms with Gasteiger partial charge in [0.25, 0.3) is 0 Å². The fraction of sp³-hybridized carbons (Fsp3) is 0.227. The summed E-state index contributed by atoms with van der Waals surface area (Å²) in [6.45, 7) is 5.93. The van der Waals surface area contributed by atoms with Crippen LogP contribution >= 0.6 is 0 Å². The molecule has 3 heteroatoms. The van der Waals surface area contributed by atoms with E-state index in [0.29, 0.717) is 12.2 Å². The lowest BCUT2D eigenvalue weighted by Crippen LogP contribution is -2.01. The Hall–Kier alpha value is -2.68. The molecule has 0 aliphatic heterocycles. The highest BCUT2D eigenvalue weighted by Crippen LogP contribution is 2.13. The van der Waals surface area contributed by atoms with Crippen molar-refractivity contribution in [2.24, 2.45) is 4.99 Å². The Morgan fingerprint density at radius 1 is 1.08 bits per heavy atom. The average Bonchev–Trinajstić information content (AvgIpc) is 2.65. The fourth-order valence-corrected chi connectivity index (χ4v) is 2.17. The van der Waals surface area contributed by atoms with Crippen molar-refractivity contribution in [3.05, 3.63) is 83.1 Å². The summed E-state index contributed by atoms with van der Waals surface area (Å²) >= 11 is 0. The Morgan fingerprint density at radius 3 is 2.36 bits per heavy atom. The van der Waals surface area contributed by atoms with Crippen molar-refractivity contribution in [3.63, 3.8) is 0 Å². The molecular formula is C22H24FNO. The largest absolute Gasteiger partial charge is 0.487 e. The summed E-state index contributed by atoms with van der Waals surface area (Å²) in [5.74, 6) is 0.835. The van der Waals surface area contributed by atoms with E-state index < -0.39 is 6.67 Å². The first-order valence-electron chi connectivity index (χ1n) is 8.33. The number of aliphatic imine (C=N–C) groups is 1. The molecule has 0 aliphatic rings. The fourth-order valence-electron chi connectivity index (χ4n) is 2.17. The van der Waals surface area contributed by atoms with Gasteiger partial charge in [0, 0.05) is 5.71 Å². The highest BCUT2D eigenvalue weighted by Gasteiger charge is 1.98. The van der Waals surface area contributed by atoms with Gasteiger partial charge in [-0.05, 0) is 50.1 Å². The molecule has 2 nitrogen and oxygen atoms in total. The van der Waals surface area contributed by atoms with E-state index in [1.54, 1.807) is 12.1 Å². The molecule has 0 aliphatic carbocycles. The second-order valence-corrected chi connectivity index (χ2v) is 5.84. The van der Waals surface area contributed by atoms with E-state index in [9.17, 15) is 4.39 Å². The molecule has 0 aromatic heterocycles. The molecule has 2 aromatic carbocycles. The zero-order valence-corrected chi connectivity index (χ0v) is 15.0. The third kappa shape index (κ3) is 6.38. The van der Waals surface area contributed by atoms with Gasteiger partial charge in [-0.25, -0.2) is 4.39 Å². The number of hydrogen-bond acceptors (Lipinski definition) is 2. The van der Waals surface area contributed by atoms with Crippen LogP contribution in [-0.2, 0) is 6.67 Å². The highest BCUT2D eigenvalue weighted by molar-refractivity contribution is 5.96. The second kappa shape index (κ2) is 9.58. The minimum atomic E-state index is -0.434. The lowest BCUT2D eigenvalue weighted by atomic mass is 10.1. The predicted molar refractivity (Wildman–Crippen MR) is 104 cm³/mol. The molecule has 0 radical (unpaired) electrons. The van der Waals surface area contributed by atoms with Gasteiger partial charge in [0.1, 0.15) is 19.0 Å². The number of benzene rings is 2. The van der Waals surface area contributed by atoms with Crippen molar-refractivity contribution in [2.75, 3.05) is 6.61 Å². The summed E-state index contributed by atoms with van der Waals surface area (Å²) in [5, 5.41) is 0. The minimum Gasteiger partial charge on any atom is -0.487 e. The first kappa shape index (κ1) is 18.7. The number of rotatable bonds is 7. The van der Waals surface area contributed by atoms with Gasteiger partial charge in [-0.1, -0.05) is 54.1 Å². The van der Waals surface area contributed by atoms with Gasteiger partial charge in [0.15, 0.2) is 0 Å². The molecule has 0 heterocycles. The summed E-state index contributed by atoms with van der Waals surface area (Å²) < 4.78 is 18.3. The molecule has 25 heavy (non-hydrogen) atoms. The smallest absolute Gasteiger partial charge is 0.130 e. The summed E-state index contributed by atoms with van der Waals surface area (Å²) in [5.41, 5.74) is 4.67. The van der Waals surface area contributed by atoms with Crippen LogP contribution in [0.5, 0.6) is 5.75 Å². The number of hydrogen-bond donors (Lipinski definition) is 0. The third-order valence-corrected chi connectivity index (χ3v) is 3.71. The SMILES string of the molecule is C\C=C(COc1ccc(C)cc1)/N=C(C)\C=C\c1ccc(CF)cc1. The minimum absolute atomic E-state index is 0.427. The van der Waals surface area contributed by atoms with Crippen LogP contribution in [0.4, 0.5) is 4.39 Å². The molecule has 0 amide bonds. The summed E-state index contributed by atoms with van der Waals surface area (Å²) in [7, 11) is 0. The molecule has 2 aromatic rings. The number of aryl methyl sites for hydroxylation is 1. The Balaban J connectivity index is 1.95. The van der Waals surface area contributed by atoms with E-state index >= 15 is 0 Å². The lowest BCUT2D eigenvalue weighted by Gasteiger charge is -2.07. The summed E-state index contributed by atoms with van der Waals surface area (Å²) in [6.07, 6.45) is 5.86. The van der Waals surface area contributed by atoms with Crippen molar-refractivity contribution < 1.29 is 9.13 Å². The zero-order chi connectivity index (χ0) is 18.1. The molecule has 0 N–H and O–H groups in total. The maximum absolute atomic E-state index is 12.5.